The Labute approximate surface area is 105 Å². The van der Waals surface area contributed by atoms with E-state index in [0.29, 0.717) is 11.4 Å². The number of ether oxygens (including phenoxy) is 1. The summed E-state index contributed by atoms with van der Waals surface area (Å²) in [5, 5.41) is 19.7. The van der Waals surface area contributed by atoms with Gasteiger partial charge in [0.25, 0.3) is 0 Å². The zero-order chi connectivity index (χ0) is 13.0. The third-order valence-corrected chi connectivity index (χ3v) is 2.53. The van der Waals surface area contributed by atoms with Gasteiger partial charge in [-0.1, -0.05) is 0 Å². The van der Waals surface area contributed by atoms with Crippen molar-refractivity contribution < 1.29 is 4.74 Å². The quantitative estimate of drug-likeness (QED) is 0.892. The van der Waals surface area contributed by atoms with E-state index in [1.807, 2.05) is 25.1 Å². The Balaban J connectivity index is 2.32. The standard InChI is InChI=1S/C13H12N4O/c1-9-7-11(18-2)3-4-12(9)16-13-10(8-14)5-6-15-17-13/h3-7H,1-2H3,(H,16,17). The van der Waals surface area contributed by atoms with Crippen LogP contribution < -0.4 is 10.1 Å². The lowest BCUT2D eigenvalue weighted by Crippen LogP contribution is -2.00. The summed E-state index contributed by atoms with van der Waals surface area (Å²) in [6, 6.07) is 9.32. The van der Waals surface area contributed by atoms with Crippen LogP contribution in [0.1, 0.15) is 11.1 Å². The minimum absolute atomic E-state index is 0.452. The Hall–Kier alpha value is -2.61. The number of anilines is 2. The number of rotatable bonds is 3. The van der Waals surface area contributed by atoms with Crippen LogP contribution in [0.4, 0.5) is 11.5 Å². The van der Waals surface area contributed by atoms with E-state index in [1.165, 1.54) is 6.20 Å². The molecular weight excluding hydrogens is 228 g/mol. The van der Waals surface area contributed by atoms with Gasteiger partial charge in [0.2, 0.25) is 0 Å². The van der Waals surface area contributed by atoms with E-state index in [0.717, 1.165) is 17.0 Å². The van der Waals surface area contributed by atoms with Gasteiger partial charge in [-0.25, -0.2) is 0 Å². The number of methoxy groups -OCH3 is 1. The van der Waals surface area contributed by atoms with Crippen LogP contribution in [0.15, 0.2) is 30.5 Å². The molecule has 90 valence electrons. The molecule has 1 aromatic heterocycles. The Morgan fingerprint density at radius 3 is 2.83 bits per heavy atom. The largest absolute Gasteiger partial charge is 0.497 e. The molecule has 18 heavy (non-hydrogen) atoms. The summed E-state index contributed by atoms with van der Waals surface area (Å²) < 4.78 is 5.14. The predicted octanol–water partition coefficient (Wildman–Crippen LogP) is 2.41. The molecule has 0 spiro atoms. The molecule has 0 fully saturated rings. The molecule has 2 rings (SSSR count). The normalized spacial score (nSPS) is 9.61. The molecule has 1 N–H and O–H groups in total. The van der Waals surface area contributed by atoms with Crippen LogP contribution in [0.5, 0.6) is 5.75 Å². The van der Waals surface area contributed by atoms with Crippen LogP contribution in [0.25, 0.3) is 0 Å². The maximum atomic E-state index is 8.97. The average molecular weight is 240 g/mol. The first-order valence-corrected chi connectivity index (χ1v) is 5.38. The highest BCUT2D eigenvalue weighted by molar-refractivity contribution is 5.65. The summed E-state index contributed by atoms with van der Waals surface area (Å²) in [4.78, 5) is 0. The molecule has 1 heterocycles. The number of nitrogens with one attached hydrogen (secondary N) is 1. The van der Waals surface area contributed by atoms with Gasteiger partial charge in [0, 0.05) is 5.69 Å². The first kappa shape index (κ1) is 11.9. The lowest BCUT2D eigenvalue weighted by atomic mass is 10.2. The van der Waals surface area contributed by atoms with Crippen molar-refractivity contribution in [2.75, 3.05) is 12.4 Å². The molecule has 0 aliphatic heterocycles. The molecule has 0 aliphatic carbocycles. The van der Waals surface area contributed by atoms with Gasteiger partial charge in [-0.05, 0) is 36.8 Å². The Morgan fingerprint density at radius 1 is 1.33 bits per heavy atom. The van der Waals surface area contributed by atoms with Crippen molar-refractivity contribution in [2.45, 2.75) is 6.92 Å². The van der Waals surface area contributed by atoms with Crippen molar-refractivity contribution >= 4 is 11.5 Å². The topological polar surface area (TPSA) is 70.8 Å². The summed E-state index contributed by atoms with van der Waals surface area (Å²) in [6.07, 6.45) is 1.49. The Morgan fingerprint density at radius 2 is 2.17 bits per heavy atom. The van der Waals surface area contributed by atoms with Gasteiger partial charge in [-0.3, -0.25) is 0 Å². The summed E-state index contributed by atoms with van der Waals surface area (Å²) >= 11 is 0. The fourth-order valence-corrected chi connectivity index (χ4v) is 1.55. The number of hydrogen-bond acceptors (Lipinski definition) is 5. The molecule has 0 radical (unpaired) electrons. The fourth-order valence-electron chi connectivity index (χ4n) is 1.55. The minimum atomic E-state index is 0.452. The lowest BCUT2D eigenvalue weighted by Gasteiger charge is -2.10. The van der Waals surface area contributed by atoms with E-state index in [4.69, 9.17) is 10.00 Å². The molecule has 0 saturated carbocycles. The van der Waals surface area contributed by atoms with E-state index in [1.54, 1.807) is 13.2 Å². The van der Waals surface area contributed by atoms with Crippen LogP contribution in [-0.2, 0) is 0 Å². The lowest BCUT2D eigenvalue weighted by molar-refractivity contribution is 0.414. The van der Waals surface area contributed by atoms with E-state index < -0.39 is 0 Å². The van der Waals surface area contributed by atoms with Crippen molar-refractivity contribution in [2.24, 2.45) is 0 Å². The molecule has 1 aromatic carbocycles. The molecule has 0 saturated heterocycles. The van der Waals surface area contributed by atoms with Crippen molar-refractivity contribution in [3.63, 3.8) is 0 Å². The first-order valence-electron chi connectivity index (χ1n) is 5.38. The molecule has 5 heteroatoms. The minimum Gasteiger partial charge on any atom is -0.497 e. The van der Waals surface area contributed by atoms with Gasteiger partial charge < -0.3 is 10.1 Å². The Kier molecular flexibility index (Phi) is 3.39. The Bertz CT molecular complexity index is 604. The fraction of sp³-hybridized carbons (Fsp3) is 0.154. The molecule has 0 bridgehead atoms. The van der Waals surface area contributed by atoms with Crippen LogP contribution in [-0.4, -0.2) is 17.3 Å². The van der Waals surface area contributed by atoms with Gasteiger partial charge >= 0.3 is 0 Å². The number of nitrogens with zero attached hydrogens (tertiary/aromatic N) is 3. The molecule has 2 aromatic rings. The first-order chi connectivity index (χ1) is 8.74. The van der Waals surface area contributed by atoms with Crippen molar-refractivity contribution in [1.82, 2.24) is 10.2 Å². The second kappa shape index (κ2) is 5.15. The highest BCUT2D eigenvalue weighted by atomic mass is 16.5. The van der Waals surface area contributed by atoms with Crippen molar-refractivity contribution in [3.8, 4) is 11.8 Å². The second-order valence-electron chi connectivity index (χ2n) is 3.71. The molecular formula is C13H12N4O. The molecule has 0 aliphatic rings. The zero-order valence-corrected chi connectivity index (χ0v) is 10.1. The summed E-state index contributed by atoms with van der Waals surface area (Å²) in [6.45, 7) is 1.95. The molecule has 0 atom stereocenters. The smallest absolute Gasteiger partial charge is 0.171 e. The maximum absolute atomic E-state index is 8.97. The number of hydrogen-bond donors (Lipinski definition) is 1. The second-order valence-corrected chi connectivity index (χ2v) is 3.71. The van der Waals surface area contributed by atoms with E-state index >= 15 is 0 Å². The molecule has 5 nitrogen and oxygen atoms in total. The summed E-state index contributed by atoms with van der Waals surface area (Å²) in [7, 11) is 1.62. The number of aryl methyl sites for hydroxylation is 1. The van der Waals surface area contributed by atoms with Crippen LogP contribution in [0.2, 0.25) is 0 Å². The van der Waals surface area contributed by atoms with Crippen LogP contribution in [0.3, 0.4) is 0 Å². The van der Waals surface area contributed by atoms with Crippen LogP contribution >= 0.6 is 0 Å². The highest BCUT2D eigenvalue weighted by Gasteiger charge is 2.06. The van der Waals surface area contributed by atoms with Gasteiger partial charge in [-0.15, -0.1) is 5.10 Å². The number of benzene rings is 1. The summed E-state index contributed by atoms with van der Waals surface area (Å²) in [5.41, 5.74) is 2.33. The van der Waals surface area contributed by atoms with Gasteiger partial charge in [0.15, 0.2) is 5.82 Å². The predicted molar refractivity (Wildman–Crippen MR) is 67.8 cm³/mol. The van der Waals surface area contributed by atoms with E-state index in [2.05, 4.69) is 21.6 Å². The van der Waals surface area contributed by atoms with E-state index in [-0.39, 0.29) is 0 Å². The van der Waals surface area contributed by atoms with Crippen LogP contribution in [0, 0.1) is 18.3 Å². The van der Waals surface area contributed by atoms with Gasteiger partial charge in [-0.2, -0.15) is 10.4 Å². The molecule has 0 unspecified atom stereocenters. The third-order valence-electron chi connectivity index (χ3n) is 2.53. The van der Waals surface area contributed by atoms with Gasteiger partial charge in [0.05, 0.1) is 18.9 Å². The summed E-state index contributed by atoms with van der Waals surface area (Å²) in [5.74, 6) is 1.24. The third kappa shape index (κ3) is 2.38. The van der Waals surface area contributed by atoms with E-state index in [9.17, 15) is 0 Å². The monoisotopic (exact) mass is 240 g/mol. The van der Waals surface area contributed by atoms with Crippen molar-refractivity contribution in [3.05, 3.63) is 41.6 Å². The molecule has 0 amide bonds. The van der Waals surface area contributed by atoms with Crippen molar-refractivity contribution in [1.29, 1.82) is 5.26 Å². The zero-order valence-electron chi connectivity index (χ0n) is 10.1. The number of nitriles is 1. The maximum Gasteiger partial charge on any atom is 0.171 e. The highest BCUT2D eigenvalue weighted by Crippen LogP contribution is 2.24. The van der Waals surface area contributed by atoms with Gasteiger partial charge in [0.1, 0.15) is 11.8 Å². The number of aromatic nitrogens is 2. The average Bonchev–Trinajstić information content (AvgIpc) is 2.41. The SMILES string of the molecule is COc1ccc(Nc2nnccc2C#N)c(C)c1.